The summed E-state index contributed by atoms with van der Waals surface area (Å²) in [5, 5.41) is 4.66. The van der Waals surface area contributed by atoms with E-state index in [4.69, 9.17) is 18.9 Å². The van der Waals surface area contributed by atoms with Gasteiger partial charge < -0.3 is 29.6 Å². The molecule has 0 aliphatic heterocycles. The molecule has 2 amide bonds. The van der Waals surface area contributed by atoms with Gasteiger partial charge in [0.25, 0.3) is 11.8 Å². The molecule has 214 valence electrons. The number of rotatable bonds is 11. The SMILES string of the molecule is CC(=O)O[C@H]([C@H](OC(C)=O)[C@@H](OC(C)=O)C(=O)Nc1ccc(F)cc1)[C@H](OC(C)=O)C(=O)Nc1ccc(F)cc1. The Morgan fingerprint density at radius 2 is 0.800 bits per heavy atom. The van der Waals surface area contributed by atoms with Crippen LogP contribution in [-0.4, -0.2) is 60.1 Å². The zero-order valence-corrected chi connectivity index (χ0v) is 21.8. The summed E-state index contributed by atoms with van der Waals surface area (Å²) in [5.74, 6) is -7.70. The third-order valence-electron chi connectivity index (χ3n) is 4.85. The third-order valence-corrected chi connectivity index (χ3v) is 4.85. The van der Waals surface area contributed by atoms with E-state index in [2.05, 4.69) is 10.6 Å². The highest BCUT2D eigenvalue weighted by molar-refractivity contribution is 5.98. The van der Waals surface area contributed by atoms with Gasteiger partial charge in [0, 0.05) is 39.1 Å². The molecular formula is C26H26F2N2O10. The fourth-order valence-electron chi connectivity index (χ4n) is 3.38. The number of halogens is 2. The normalized spacial score (nSPS) is 13.4. The van der Waals surface area contributed by atoms with Gasteiger partial charge in [-0.05, 0) is 48.5 Å². The van der Waals surface area contributed by atoms with Crippen molar-refractivity contribution in [2.45, 2.75) is 52.1 Å². The van der Waals surface area contributed by atoms with Crippen LogP contribution in [0.1, 0.15) is 27.7 Å². The largest absolute Gasteiger partial charge is 0.454 e. The molecular weight excluding hydrogens is 538 g/mol. The molecule has 2 rings (SSSR count). The van der Waals surface area contributed by atoms with Crippen LogP contribution in [0.5, 0.6) is 0 Å². The third kappa shape index (κ3) is 9.78. The van der Waals surface area contributed by atoms with Gasteiger partial charge in [0.05, 0.1) is 0 Å². The van der Waals surface area contributed by atoms with Gasteiger partial charge in [-0.1, -0.05) is 0 Å². The molecule has 0 saturated carbocycles. The summed E-state index contributed by atoms with van der Waals surface area (Å²) >= 11 is 0. The van der Waals surface area contributed by atoms with Gasteiger partial charge in [0.2, 0.25) is 12.2 Å². The Labute approximate surface area is 226 Å². The summed E-state index contributed by atoms with van der Waals surface area (Å²) in [6, 6.07) is 8.83. The van der Waals surface area contributed by atoms with Crippen molar-refractivity contribution in [2.75, 3.05) is 10.6 Å². The predicted octanol–water partition coefficient (Wildman–Crippen LogP) is 2.27. The Morgan fingerprint density at radius 1 is 0.525 bits per heavy atom. The lowest BCUT2D eigenvalue weighted by Gasteiger charge is -2.34. The smallest absolute Gasteiger partial charge is 0.303 e. The van der Waals surface area contributed by atoms with Crippen LogP contribution < -0.4 is 10.6 Å². The first-order valence-corrected chi connectivity index (χ1v) is 11.6. The van der Waals surface area contributed by atoms with Crippen LogP contribution in [0.3, 0.4) is 0 Å². The summed E-state index contributed by atoms with van der Waals surface area (Å²) in [6.45, 7) is 3.68. The molecule has 0 spiro atoms. The number of nitrogens with one attached hydrogen (secondary N) is 2. The fraction of sp³-hybridized carbons (Fsp3) is 0.308. The monoisotopic (exact) mass is 564 g/mol. The maximum absolute atomic E-state index is 13.3. The summed E-state index contributed by atoms with van der Waals surface area (Å²) in [4.78, 5) is 74.5. The second-order valence-electron chi connectivity index (χ2n) is 8.20. The van der Waals surface area contributed by atoms with Crippen molar-refractivity contribution < 1.29 is 56.5 Å². The zero-order chi connectivity index (χ0) is 30.0. The van der Waals surface area contributed by atoms with E-state index in [1.165, 1.54) is 24.3 Å². The predicted molar refractivity (Wildman–Crippen MR) is 132 cm³/mol. The van der Waals surface area contributed by atoms with Crippen molar-refractivity contribution in [3.8, 4) is 0 Å². The molecule has 0 fully saturated rings. The van der Waals surface area contributed by atoms with Crippen LogP contribution in [0.4, 0.5) is 20.2 Å². The summed E-state index contributed by atoms with van der Waals surface area (Å²) in [7, 11) is 0. The Hall–Kier alpha value is -4.88. The van der Waals surface area contributed by atoms with Crippen LogP contribution in [0.2, 0.25) is 0 Å². The van der Waals surface area contributed by atoms with Gasteiger partial charge in [-0.3, -0.25) is 28.8 Å². The lowest BCUT2D eigenvalue weighted by atomic mass is 10.00. The van der Waals surface area contributed by atoms with E-state index >= 15 is 0 Å². The van der Waals surface area contributed by atoms with Crippen LogP contribution >= 0.6 is 0 Å². The lowest BCUT2D eigenvalue weighted by Crippen LogP contribution is -2.57. The van der Waals surface area contributed by atoms with E-state index in [-0.39, 0.29) is 11.4 Å². The van der Waals surface area contributed by atoms with Gasteiger partial charge in [0.1, 0.15) is 11.6 Å². The second-order valence-corrected chi connectivity index (χ2v) is 8.20. The van der Waals surface area contributed by atoms with Crippen LogP contribution in [0.15, 0.2) is 48.5 Å². The van der Waals surface area contributed by atoms with Crippen LogP contribution in [0.25, 0.3) is 0 Å². The minimum atomic E-state index is -2.08. The van der Waals surface area contributed by atoms with Crippen molar-refractivity contribution in [3.63, 3.8) is 0 Å². The number of ether oxygens (including phenoxy) is 4. The molecule has 40 heavy (non-hydrogen) atoms. The molecule has 0 aromatic heterocycles. The van der Waals surface area contributed by atoms with Crippen molar-refractivity contribution in [3.05, 3.63) is 60.2 Å². The number of anilines is 2. The first-order chi connectivity index (χ1) is 18.8. The number of esters is 4. The van der Waals surface area contributed by atoms with E-state index < -0.39 is 71.7 Å². The number of carbonyl (C=O) groups excluding carboxylic acids is 6. The van der Waals surface area contributed by atoms with E-state index in [0.717, 1.165) is 52.0 Å². The van der Waals surface area contributed by atoms with Crippen molar-refractivity contribution in [1.82, 2.24) is 0 Å². The highest BCUT2D eigenvalue weighted by Gasteiger charge is 2.49. The highest BCUT2D eigenvalue weighted by Crippen LogP contribution is 2.23. The van der Waals surface area contributed by atoms with Crippen molar-refractivity contribution in [2.24, 2.45) is 0 Å². The minimum Gasteiger partial charge on any atom is -0.454 e. The summed E-state index contributed by atoms with van der Waals surface area (Å²) in [5.41, 5.74) is 0.0829. The topological polar surface area (TPSA) is 163 Å². The molecule has 14 heteroatoms. The van der Waals surface area contributed by atoms with Crippen molar-refractivity contribution in [1.29, 1.82) is 0 Å². The van der Waals surface area contributed by atoms with Gasteiger partial charge in [-0.2, -0.15) is 0 Å². The number of benzene rings is 2. The van der Waals surface area contributed by atoms with E-state index in [1.807, 2.05) is 0 Å². The number of hydrogen-bond acceptors (Lipinski definition) is 10. The number of amides is 2. The van der Waals surface area contributed by atoms with Gasteiger partial charge >= 0.3 is 23.9 Å². The molecule has 0 heterocycles. The maximum atomic E-state index is 13.3. The average molecular weight is 564 g/mol. The Bertz CT molecular complexity index is 1150. The average Bonchev–Trinajstić information content (AvgIpc) is 2.85. The van der Waals surface area contributed by atoms with E-state index in [9.17, 15) is 37.5 Å². The zero-order valence-electron chi connectivity index (χ0n) is 21.8. The molecule has 0 aliphatic rings. The number of hydrogen-bond donors (Lipinski definition) is 2. The number of carbonyl (C=O) groups is 6. The molecule has 2 aromatic carbocycles. The minimum absolute atomic E-state index is 0.0414. The molecule has 0 radical (unpaired) electrons. The molecule has 4 atom stereocenters. The second kappa shape index (κ2) is 14.3. The first-order valence-electron chi connectivity index (χ1n) is 11.6. The van der Waals surface area contributed by atoms with Gasteiger partial charge in [0.15, 0.2) is 12.2 Å². The molecule has 2 N–H and O–H groups in total. The Balaban J connectivity index is 2.58. The lowest BCUT2D eigenvalue weighted by molar-refractivity contribution is -0.198. The molecule has 0 aliphatic carbocycles. The van der Waals surface area contributed by atoms with Crippen molar-refractivity contribution >= 4 is 47.1 Å². The fourth-order valence-corrected chi connectivity index (χ4v) is 3.38. The Morgan fingerprint density at radius 3 is 1.05 bits per heavy atom. The quantitative estimate of drug-likeness (QED) is 0.306. The standard InChI is InChI=1S/C26H26F2N2O10/c1-13(31)37-21(23(39-15(3)33)25(35)29-19-9-5-17(27)6-10-19)22(38-14(2)32)24(40-16(4)34)26(36)30-20-11-7-18(28)8-12-20/h5-12,21-24H,1-4H3,(H,29,35)(H,30,36)/t21-,22+,23+,24-. The van der Waals surface area contributed by atoms with Crippen LogP contribution in [0, 0.1) is 11.6 Å². The molecule has 12 nitrogen and oxygen atoms in total. The van der Waals surface area contributed by atoms with E-state index in [0.29, 0.717) is 0 Å². The molecule has 0 unspecified atom stereocenters. The van der Waals surface area contributed by atoms with Gasteiger partial charge in [-0.15, -0.1) is 0 Å². The van der Waals surface area contributed by atoms with E-state index in [1.54, 1.807) is 0 Å². The summed E-state index contributed by atoms with van der Waals surface area (Å²) < 4.78 is 47.2. The first kappa shape index (κ1) is 31.3. The highest BCUT2D eigenvalue weighted by atomic mass is 19.1. The Kier molecular flexibility index (Phi) is 11.2. The van der Waals surface area contributed by atoms with Crippen LogP contribution in [-0.2, 0) is 47.7 Å². The molecule has 0 saturated heterocycles. The molecule has 0 bridgehead atoms. The summed E-state index contributed by atoms with van der Waals surface area (Å²) in [6.07, 6.45) is -8.25. The van der Waals surface area contributed by atoms with Gasteiger partial charge in [-0.25, -0.2) is 8.78 Å². The maximum Gasteiger partial charge on any atom is 0.303 e. The molecule has 2 aromatic rings.